The van der Waals surface area contributed by atoms with Crippen molar-refractivity contribution in [2.24, 2.45) is 35.0 Å². The number of nitrogens with one attached hydrogen (secondary N) is 1. The van der Waals surface area contributed by atoms with Crippen molar-refractivity contribution in [1.82, 2.24) is 15.2 Å². The third-order valence-electron chi connectivity index (χ3n) is 8.67. The monoisotopic (exact) mass is 409 g/mol. The van der Waals surface area contributed by atoms with Crippen molar-refractivity contribution in [3.63, 3.8) is 0 Å². The largest absolute Gasteiger partial charge is 0.376 e. The summed E-state index contributed by atoms with van der Waals surface area (Å²) in [4.78, 5) is 32.2. The number of ether oxygens (including phenoxy) is 1. The average molecular weight is 410 g/mol. The summed E-state index contributed by atoms with van der Waals surface area (Å²) in [7, 11) is 0. The van der Waals surface area contributed by atoms with Crippen molar-refractivity contribution in [3.8, 4) is 0 Å². The predicted molar refractivity (Wildman–Crippen MR) is 110 cm³/mol. The Morgan fingerprint density at radius 2 is 1.87 bits per heavy atom. The van der Waals surface area contributed by atoms with E-state index in [9.17, 15) is 9.59 Å². The Kier molecular flexibility index (Phi) is 4.41. The molecule has 2 aliphatic heterocycles. The Labute approximate surface area is 177 Å². The molecule has 160 valence electrons. The van der Waals surface area contributed by atoms with Gasteiger partial charge < -0.3 is 15.0 Å². The van der Waals surface area contributed by atoms with E-state index in [1.807, 2.05) is 0 Å². The van der Waals surface area contributed by atoms with E-state index in [1.54, 1.807) is 24.5 Å². The fraction of sp³-hybridized carbons (Fsp3) is 0.708. The van der Waals surface area contributed by atoms with Crippen LogP contribution in [0, 0.1) is 35.0 Å². The Morgan fingerprint density at radius 3 is 2.53 bits per heavy atom. The van der Waals surface area contributed by atoms with Gasteiger partial charge in [0.2, 0.25) is 5.91 Å². The molecule has 1 aromatic heterocycles. The van der Waals surface area contributed by atoms with E-state index in [1.165, 1.54) is 19.3 Å². The third-order valence-corrected chi connectivity index (χ3v) is 8.67. The Hall–Kier alpha value is -1.95. The fourth-order valence-corrected chi connectivity index (χ4v) is 7.71. The quantitative estimate of drug-likeness (QED) is 0.829. The molecule has 2 saturated heterocycles. The number of hydrogen-bond acceptors (Lipinski definition) is 4. The molecule has 4 saturated carbocycles. The van der Waals surface area contributed by atoms with Crippen LogP contribution in [-0.4, -0.2) is 54.0 Å². The van der Waals surface area contributed by atoms with E-state index >= 15 is 0 Å². The minimum atomic E-state index is -0.0916. The number of fused-ring (bicyclic) bond motifs is 1. The molecule has 7 rings (SSSR count). The van der Waals surface area contributed by atoms with Gasteiger partial charge in [-0.25, -0.2) is 0 Å². The molecule has 3 atom stereocenters. The van der Waals surface area contributed by atoms with Crippen LogP contribution in [0.2, 0.25) is 0 Å². The summed E-state index contributed by atoms with van der Waals surface area (Å²) < 4.78 is 6.07. The van der Waals surface area contributed by atoms with Gasteiger partial charge >= 0.3 is 0 Å². The molecular formula is C24H31N3O3. The smallest absolute Gasteiger partial charge is 0.252 e. The zero-order valence-electron chi connectivity index (χ0n) is 17.5. The van der Waals surface area contributed by atoms with E-state index in [0.29, 0.717) is 30.5 Å². The first kappa shape index (κ1) is 18.8. The van der Waals surface area contributed by atoms with E-state index in [0.717, 1.165) is 50.1 Å². The van der Waals surface area contributed by atoms with Crippen molar-refractivity contribution in [2.45, 2.75) is 44.6 Å². The van der Waals surface area contributed by atoms with Crippen LogP contribution in [-0.2, 0) is 9.53 Å². The molecule has 0 unspecified atom stereocenters. The first-order chi connectivity index (χ1) is 14.6. The molecule has 6 nitrogen and oxygen atoms in total. The lowest BCUT2D eigenvalue weighted by Gasteiger charge is -2.56. The molecule has 0 aromatic carbocycles. The molecule has 6 fully saturated rings. The number of pyridine rings is 1. The number of nitrogens with zero attached hydrogens (tertiary/aromatic N) is 2. The molecule has 4 aliphatic carbocycles. The van der Waals surface area contributed by atoms with Crippen LogP contribution in [0.1, 0.15) is 48.9 Å². The van der Waals surface area contributed by atoms with Crippen LogP contribution >= 0.6 is 0 Å². The van der Waals surface area contributed by atoms with Gasteiger partial charge in [-0.05, 0) is 68.4 Å². The Morgan fingerprint density at radius 1 is 1.13 bits per heavy atom. The van der Waals surface area contributed by atoms with Gasteiger partial charge in [0, 0.05) is 43.9 Å². The second-order valence-electron chi connectivity index (χ2n) is 10.7. The molecular weight excluding hydrogens is 378 g/mol. The third kappa shape index (κ3) is 3.06. The van der Waals surface area contributed by atoms with Crippen LogP contribution in [0.3, 0.4) is 0 Å². The van der Waals surface area contributed by atoms with Crippen LogP contribution < -0.4 is 5.32 Å². The van der Waals surface area contributed by atoms with Gasteiger partial charge in [0.25, 0.3) is 5.91 Å². The van der Waals surface area contributed by atoms with Crippen molar-refractivity contribution in [1.29, 1.82) is 0 Å². The van der Waals surface area contributed by atoms with Gasteiger partial charge in [-0.3, -0.25) is 14.6 Å². The zero-order valence-corrected chi connectivity index (χ0v) is 17.5. The highest BCUT2D eigenvalue weighted by atomic mass is 16.5. The Balaban J connectivity index is 1.09. The van der Waals surface area contributed by atoms with Gasteiger partial charge in [0.05, 0.1) is 23.7 Å². The second-order valence-corrected chi connectivity index (χ2v) is 10.7. The van der Waals surface area contributed by atoms with E-state index in [4.69, 9.17) is 4.74 Å². The number of aromatic nitrogens is 1. The number of amides is 2. The van der Waals surface area contributed by atoms with Gasteiger partial charge in [-0.15, -0.1) is 0 Å². The molecule has 3 heterocycles. The fourth-order valence-electron chi connectivity index (χ4n) is 7.71. The average Bonchev–Trinajstić information content (AvgIpc) is 3.32. The Bertz CT molecular complexity index is 806. The molecule has 30 heavy (non-hydrogen) atoms. The summed E-state index contributed by atoms with van der Waals surface area (Å²) in [6, 6.07) is 3.55. The van der Waals surface area contributed by atoms with Crippen LogP contribution in [0.15, 0.2) is 24.5 Å². The van der Waals surface area contributed by atoms with Gasteiger partial charge in [0.15, 0.2) is 0 Å². The molecule has 2 amide bonds. The lowest BCUT2D eigenvalue weighted by molar-refractivity contribution is -0.157. The summed E-state index contributed by atoms with van der Waals surface area (Å²) >= 11 is 0. The molecule has 1 N–H and O–H groups in total. The molecule has 1 aromatic rings. The summed E-state index contributed by atoms with van der Waals surface area (Å²) in [6.07, 6.45) is 10.8. The lowest BCUT2D eigenvalue weighted by atomic mass is 9.49. The first-order valence-electron chi connectivity index (χ1n) is 11.7. The number of rotatable bonds is 4. The molecule has 6 aliphatic rings. The van der Waals surface area contributed by atoms with Crippen molar-refractivity contribution >= 4 is 11.8 Å². The summed E-state index contributed by atoms with van der Waals surface area (Å²) in [5.74, 6) is 3.28. The molecule has 6 heteroatoms. The normalized spacial score (nSPS) is 41.1. The minimum absolute atomic E-state index is 0.0720. The topological polar surface area (TPSA) is 71.5 Å². The van der Waals surface area contributed by atoms with Crippen molar-refractivity contribution in [2.75, 3.05) is 26.2 Å². The maximum atomic E-state index is 13.7. The van der Waals surface area contributed by atoms with Crippen LogP contribution in [0.4, 0.5) is 0 Å². The SMILES string of the molecule is O=C(NC[C@H]1CO[C@@H]2CN(C(=O)C34CC5CC(CC(C5)C3)C4)C[C@H]12)c1cccnc1. The zero-order chi connectivity index (χ0) is 20.3. The predicted octanol–water partition coefficient (Wildman–Crippen LogP) is 2.50. The van der Waals surface area contributed by atoms with Gasteiger partial charge in [-0.1, -0.05) is 0 Å². The van der Waals surface area contributed by atoms with Gasteiger partial charge in [0.1, 0.15) is 0 Å². The van der Waals surface area contributed by atoms with E-state index < -0.39 is 0 Å². The van der Waals surface area contributed by atoms with Crippen LogP contribution in [0.5, 0.6) is 0 Å². The number of carbonyl (C=O) groups is 2. The summed E-state index contributed by atoms with van der Waals surface area (Å²) in [5, 5.41) is 3.04. The number of carbonyl (C=O) groups excluding carboxylic acids is 2. The second kappa shape index (κ2) is 7.04. The van der Waals surface area contributed by atoms with E-state index in [-0.39, 0.29) is 23.3 Å². The van der Waals surface area contributed by atoms with Crippen molar-refractivity contribution < 1.29 is 14.3 Å². The lowest BCUT2D eigenvalue weighted by Crippen LogP contribution is -2.54. The van der Waals surface area contributed by atoms with Crippen LogP contribution in [0.25, 0.3) is 0 Å². The maximum Gasteiger partial charge on any atom is 0.252 e. The maximum absolute atomic E-state index is 13.7. The van der Waals surface area contributed by atoms with Crippen molar-refractivity contribution in [3.05, 3.63) is 30.1 Å². The molecule has 4 bridgehead atoms. The first-order valence-corrected chi connectivity index (χ1v) is 11.7. The molecule has 0 radical (unpaired) electrons. The highest BCUT2D eigenvalue weighted by Gasteiger charge is 2.57. The van der Waals surface area contributed by atoms with E-state index in [2.05, 4.69) is 15.2 Å². The minimum Gasteiger partial charge on any atom is -0.376 e. The molecule has 0 spiro atoms. The highest BCUT2D eigenvalue weighted by molar-refractivity contribution is 5.93. The number of hydrogen-bond donors (Lipinski definition) is 1. The number of likely N-dealkylation sites (tertiary alicyclic amines) is 1. The standard InChI is InChI=1S/C24H31N3O3/c28-22(18-2-1-3-25-10-18)26-11-19-14-30-21-13-27(12-20(19)21)23(29)24-7-15-4-16(8-24)6-17(5-15)9-24/h1-3,10,15-17,19-21H,4-9,11-14H2,(H,26,28)/t15?,16?,17?,19-,20+,21+,24?/m0/s1. The summed E-state index contributed by atoms with van der Waals surface area (Å²) in [6.45, 7) is 2.79. The summed E-state index contributed by atoms with van der Waals surface area (Å²) in [5.41, 5.74) is 0.509. The van der Waals surface area contributed by atoms with Gasteiger partial charge in [-0.2, -0.15) is 0 Å². The highest BCUT2D eigenvalue weighted by Crippen LogP contribution is 2.60.